The number of ether oxygens (including phenoxy) is 2. The second kappa shape index (κ2) is 11.8. The third-order valence-electron chi connectivity index (χ3n) is 7.90. The zero-order valence-electron chi connectivity index (χ0n) is 23.8. The number of aromatic nitrogens is 8. The third kappa shape index (κ3) is 5.08. The van der Waals surface area contributed by atoms with Crippen LogP contribution in [0.3, 0.4) is 0 Å². The monoisotopic (exact) mass is 611 g/mol. The normalized spacial score (nSPS) is 28.8. The first kappa shape index (κ1) is 30.0. The molecule has 0 radical (unpaired) electrons. The van der Waals surface area contributed by atoms with Gasteiger partial charge in [-0.3, -0.25) is 14.0 Å². The molecule has 2 fully saturated rings. The minimum absolute atomic E-state index is 0.0429. The summed E-state index contributed by atoms with van der Waals surface area (Å²) in [6.07, 6.45) is -5.20. The second-order valence-electron chi connectivity index (χ2n) is 10.9. The Hall–Kier alpha value is -4.06. The molecule has 18 heteroatoms. The summed E-state index contributed by atoms with van der Waals surface area (Å²) >= 11 is 0. The molecule has 234 valence electrons. The van der Waals surface area contributed by atoms with E-state index in [2.05, 4.69) is 41.7 Å². The highest BCUT2D eigenvalue weighted by Gasteiger charge is 2.46. The quantitative estimate of drug-likeness (QED) is 0.103. The van der Waals surface area contributed by atoms with E-state index >= 15 is 0 Å². The molecule has 0 bridgehead atoms. The van der Waals surface area contributed by atoms with E-state index in [1.165, 1.54) is 28.1 Å². The summed E-state index contributed by atoms with van der Waals surface area (Å²) in [7, 11) is 0. The van der Waals surface area contributed by atoms with Gasteiger partial charge < -0.3 is 46.5 Å². The second-order valence-corrected chi connectivity index (χ2v) is 10.9. The summed E-state index contributed by atoms with van der Waals surface area (Å²) < 4.78 is 14.8. The van der Waals surface area contributed by atoms with Crippen LogP contribution in [0.4, 0.5) is 11.6 Å². The fraction of sp³-hybridized carbons (Fsp3) is 0.538. The Morgan fingerprint density at radius 1 is 0.864 bits per heavy atom. The van der Waals surface area contributed by atoms with Crippen LogP contribution in [0.2, 0.25) is 0 Å². The molecule has 0 saturated carbocycles. The maximum atomic E-state index is 10.9. The lowest BCUT2D eigenvalue weighted by atomic mass is 10.1. The van der Waals surface area contributed by atoms with Gasteiger partial charge in [-0.1, -0.05) is 5.92 Å². The van der Waals surface area contributed by atoms with E-state index in [1.807, 2.05) is 18.7 Å². The summed E-state index contributed by atoms with van der Waals surface area (Å²) in [5.74, 6) is 6.45. The highest BCUT2D eigenvalue weighted by atomic mass is 16.6. The van der Waals surface area contributed by atoms with Gasteiger partial charge in [0.25, 0.3) is 0 Å². The van der Waals surface area contributed by atoms with Crippen molar-refractivity contribution in [1.82, 2.24) is 43.9 Å². The van der Waals surface area contributed by atoms with E-state index in [0.717, 1.165) is 0 Å². The molecule has 9 N–H and O–H groups in total. The maximum Gasteiger partial charge on any atom is 0.190 e. The van der Waals surface area contributed by atoms with Gasteiger partial charge in [0.05, 0.1) is 19.5 Å². The molecule has 4 aromatic rings. The van der Waals surface area contributed by atoms with Gasteiger partial charge in [0.15, 0.2) is 46.7 Å². The van der Waals surface area contributed by atoms with Crippen molar-refractivity contribution in [3.8, 4) is 11.8 Å². The Labute approximate surface area is 249 Å². The Balaban J connectivity index is 1.23. The van der Waals surface area contributed by atoms with Crippen LogP contribution in [0.15, 0.2) is 19.0 Å². The fourth-order valence-electron chi connectivity index (χ4n) is 5.42. The molecule has 44 heavy (non-hydrogen) atoms. The van der Waals surface area contributed by atoms with Crippen molar-refractivity contribution < 1.29 is 35.0 Å². The average Bonchev–Trinajstić information content (AvgIpc) is 3.74. The van der Waals surface area contributed by atoms with E-state index in [4.69, 9.17) is 20.9 Å². The zero-order valence-corrected chi connectivity index (χ0v) is 23.8. The van der Waals surface area contributed by atoms with E-state index in [-0.39, 0.29) is 47.8 Å². The maximum absolute atomic E-state index is 10.9. The lowest BCUT2D eigenvalue weighted by molar-refractivity contribution is -0.0514. The number of hydrogen-bond donors (Lipinski definition) is 7. The van der Waals surface area contributed by atoms with Crippen LogP contribution in [0.1, 0.15) is 32.1 Å². The van der Waals surface area contributed by atoms with Crippen molar-refractivity contribution in [2.75, 3.05) is 31.2 Å². The molecule has 6 heterocycles. The van der Waals surface area contributed by atoms with Crippen LogP contribution in [0, 0.1) is 11.8 Å². The predicted octanol–water partition coefficient (Wildman–Crippen LogP) is -2.88. The SMILES string of the molecule is CC(C)N(CC#Cc1nc2c(N)ncnc2n1[C@@H]1O[C@H](CO)[C@@H](O)[C@H]1O)C[C@H]1O[C@@H](n2cnc3c(N)ncnc32)[C@H](O)[C@@H]1O. The Bertz CT molecular complexity index is 1720. The molecule has 0 aliphatic carbocycles. The minimum Gasteiger partial charge on any atom is -0.394 e. The van der Waals surface area contributed by atoms with E-state index < -0.39 is 55.7 Å². The van der Waals surface area contributed by atoms with Crippen LogP contribution < -0.4 is 11.5 Å². The van der Waals surface area contributed by atoms with E-state index in [0.29, 0.717) is 11.2 Å². The predicted molar refractivity (Wildman–Crippen MR) is 152 cm³/mol. The first-order valence-corrected chi connectivity index (χ1v) is 13.9. The molecule has 2 aliphatic heterocycles. The molecule has 2 aliphatic rings. The largest absolute Gasteiger partial charge is 0.394 e. The number of nitrogen functional groups attached to an aromatic ring is 2. The number of nitrogens with two attached hydrogens (primary N) is 2. The molecular formula is C26H33N11O7. The van der Waals surface area contributed by atoms with Crippen molar-refractivity contribution in [3.63, 3.8) is 0 Å². The summed E-state index contributed by atoms with van der Waals surface area (Å²) in [6.45, 7) is 3.80. The van der Waals surface area contributed by atoms with Gasteiger partial charge >= 0.3 is 0 Å². The summed E-state index contributed by atoms with van der Waals surface area (Å²) in [4.78, 5) is 26.9. The van der Waals surface area contributed by atoms with Crippen LogP contribution in [0.25, 0.3) is 22.3 Å². The molecule has 8 atom stereocenters. The van der Waals surface area contributed by atoms with Crippen molar-refractivity contribution >= 4 is 34.0 Å². The van der Waals surface area contributed by atoms with Crippen LogP contribution in [-0.2, 0) is 9.47 Å². The van der Waals surface area contributed by atoms with Crippen molar-refractivity contribution in [2.24, 2.45) is 0 Å². The van der Waals surface area contributed by atoms with Crippen LogP contribution in [-0.4, -0.2) is 132 Å². The number of hydrogen-bond acceptors (Lipinski definition) is 16. The number of aliphatic hydroxyl groups is 5. The highest BCUT2D eigenvalue weighted by molar-refractivity contribution is 5.82. The molecular weight excluding hydrogens is 578 g/mol. The van der Waals surface area contributed by atoms with E-state index in [1.54, 1.807) is 0 Å². The molecule has 0 unspecified atom stereocenters. The zero-order chi connectivity index (χ0) is 31.3. The lowest BCUT2D eigenvalue weighted by Crippen LogP contribution is -2.43. The Morgan fingerprint density at radius 2 is 1.50 bits per heavy atom. The van der Waals surface area contributed by atoms with Gasteiger partial charge in [-0.15, -0.1) is 0 Å². The highest BCUT2D eigenvalue weighted by Crippen LogP contribution is 2.34. The molecule has 0 aromatic carbocycles. The Kier molecular flexibility index (Phi) is 8.04. The number of nitrogens with zero attached hydrogens (tertiary/aromatic N) is 9. The van der Waals surface area contributed by atoms with Crippen LogP contribution >= 0.6 is 0 Å². The first-order chi connectivity index (χ1) is 21.1. The van der Waals surface area contributed by atoms with Gasteiger partial charge in [-0.2, -0.15) is 0 Å². The molecule has 0 amide bonds. The van der Waals surface area contributed by atoms with Crippen molar-refractivity contribution in [1.29, 1.82) is 0 Å². The van der Waals surface area contributed by atoms with Gasteiger partial charge in [0.1, 0.15) is 54.8 Å². The summed E-state index contributed by atoms with van der Waals surface area (Å²) in [5, 5.41) is 52.4. The third-order valence-corrected chi connectivity index (χ3v) is 7.90. The molecule has 0 spiro atoms. The smallest absolute Gasteiger partial charge is 0.190 e. The van der Waals surface area contributed by atoms with Crippen LogP contribution in [0.5, 0.6) is 0 Å². The standard InChI is InChI=1S/C26H33N11O7/c1-11(2)35(6-12-17(39)19(41)25(43-12)36-10-33-15-21(27)29-8-31-23(15)36)5-3-4-14-34-16-22(28)30-9-32-24(16)37(14)26-20(42)18(40)13(7-38)44-26/h8-13,17-20,25-26,38-42H,5-7H2,1-2H3,(H2,27,29,31)(H2,28,30,32)/t12-,13-,17-,18-,19-,20-,25-,26-/m1/s1. The number of anilines is 2. The van der Waals surface area contributed by atoms with Gasteiger partial charge in [-0.05, 0) is 19.8 Å². The molecule has 4 aromatic heterocycles. The van der Waals surface area contributed by atoms with Gasteiger partial charge in [-0.25, -0.2) is 29.9 Å². The average molecular weight is 612 g/mol. The number of aliphatic hydroxyl groups excluding tert-OH is 5. The molecule has 6 rings (SSSR count). The van der Waals surface area contributed by atoms with E-state index in [9.17, 15) is 25.5 Å². The van der Waals surface area contributed by atoms with Gasteiger partial charge in [0, 0.05) is 12.6 Å². The Morgan fingerprint density at radius 3 is 2.18 bits per heavy atom. The lowest BCUT2D eigenvalue weighted by Gasteiger charge is -2.28. The molecule has 2 saturated heterocycles. The van der Waals surface area contributed by atoms with Crippen molar-refractivity contribution in [2.45, 2.75) is 69.0 Å². The number of rotatable bonds is 7. The fourth-order valence-corrected chi connectivity index (χ4v) is 5.42. The summed E-state index contributed by atoms with van der Waals surface area (Å²) in [5.41, 5.74) is 13.1. The first-order valence-electron chi connectivity index (χ1n) is 13.9. The van der Waals surface area contributed by atoms with Crippen molar-refractivity contribution in [3.05, 3.63) is 24.8 Å². The molecule has 18 nitrogen and oxygen atoms in total. The summed E-state index contributed by atoms with van der Waals surface area (Å²) in [6, 6.07) is -0.0429. The topological polar surface area (TPSA) is 262 Å². The van der Waals surface area contributed by atoms with Gasteiger partial charge in [0.2, 0.25) is 0 Å². The number of fused-ring (bicyclic) bond motifs is 2. The number of imidazole rings is 2. The minimum atomic E-state index is -1.40.